The van der Waals surface area contributed by atoms with E-state index in [1.54, 1.807) is 12.1 Å². The summed E-state index contributed by atoms with van der Waals surface area (Å²) in [6.07, 6.45) is 2.84. The first-order valence-corrected chi connectivity index (χ1v) is 7.42. The lowest BCUT2D eigenvalue weighted by molar-refractivity contribution is 0.328. The molecule has 0 aliphatic carbocycles. The summed E-state index contributed by atoms with van der Waals surface area (Å²) in [5, 5.41) is 19.4. The van der Waals surface area contributed by atoms with Crippen LogP contribution in [0.2, 0.25) is 0 Å². The second-order valence-electron chi connectivity index (χ2n) is 5.89. The van der Waals surface area contributed by atoms with Gasteiger partial charge < -0.3 is 15.1 Å². The van der Waals surface area contributed by atoms with Gasteiger partial charge in [-0.25, -0.2) is 0 Å². The zero-order valence-electron chi connectivity index (χ0n) is 12.7. The number of likely N-dealkylation sites (N-methyl/N-ethyl adjacent to an activating group) is 1. The van der Waals surface area contributed by atoms with E-state index >= 15 is 0 Å². The van der Waals surface area contributed by atoms with Gasteiger partial charge in [0.1, 0.15) is 11.5 Å². The van der Waals surface area contributed by atoms with Crippen LogP contribution in [-0.4, -0.2) is 28.7 Å². The maximum Gasteiger partial charge on any atom is 0.115 e. The molecular formula is C18H22BrNO2. The number of aromatic hydroxyl groups is 2. The maximum absolute atomic E-state index is 9.72. The molecule has 0 amide bonds. The van der Waals surface area contributed by atoms with Gasteiger partial charge in [0.15, 0.2) is 0 Å². The van der Waals surface area contributed by atoms with E-state index in [1.807, 2.05) is 24.3 Å². The number of phenols is 2. The molecule has 0 unspecified atom stereocenters. The third-order valence-corrected chi connectivity index (χ3v) is 4.25. The van der Waals surface area contributed by atoms with Gasteiger partial charge in [0.2, 0.25) is 0 Å². The number of hydrogen-bond acceptors (Lipinski definition) is 3. The zero-order chi connectivity index (χ0) is 14.8. The Hall–Kier alpha value is -1.52. The van der Waals surface area contributed by atoms with Gasteiger partial charge >= 0.3 is 0 Å². The Balaban J connectivity index is 0.00000176. The van der Waals surface area contributed by atoms with Crippen molar-refractivity contribution in [1.82, 2.24) is 4.90 Å². The quantitative estimate of drug-likeness (QED) is 0.753. The fourth-order valence-electron chi connectivity index (χ4n) is 3.04. The van der Waals surface area contributed by atoms with E-state index in [2.05, 4.69) is 11.9 Å². The van der Waals surface area contributed by atoms with Crippen LogP contribution in [0.15, 0.2) is 36.4 Å². The molecule has 22 heavy (non-hydrogen) atoms. The largest absolute Gasteiger partial charge is 0.508 e. The number of halogens is 1. The molecule has 0 saturated heterocycles. The minimum absolute atomic E-state index is 0. The average molecular weight is 364 g/mol. The van der Waals surface area contributed by atoms with E-state index < -0.39 is 0 Å². The molecule has 2 N–H and O–H groups in total. The van der Waals surface area contributed by atoms with Crippen molar-refractivity contribution in [3.63, 3.8) is 0 Å². The van der Waals surface area contributed by atoms with Gasteiger partial charge in [0.25, 0.3) is 0 Å². The first-order valence-electron chi connectivity index (χ1n) is 7.42. The summed E-state index contributed by atoms with van der Waals surface area (Å²) in [5.74, 6) is 0.669. The summed E-state index contributed by atoms with van der Waals surface area (Å²) < 4.78 is 0. The second kappa shape index (κ2) is 7.16. The Labute approximate surface area is 142 Å². The topological polar surface area (TPSA) is 43.7 Å². The predicted molar refractivity (Wildman–Crippen MR) is 94.0 cm³/mol. The lowest BCUT2D eigenvalue weighted by Gasteiger charge is -2.22. The zero-order valence-corrected chi connectivity index (χ0v) is 14.5. The number of hydrogen-bond donors (Lipinski definition) is 2. The van der Waals surface area contributed by atoms with Crippen LogP contribution in [0.5, 0.6) is 11.5 Å². The third-order valence-electron chi connectivity index (χ3n) is 4.25. The van der Waals surface area contributed by atoms with Crippen LogP contribution in [-0.2, 0) is 25.8 Å². The van der Waals surface area contributed by atoms with Crippen molar-refractivity contribution in [3.05, 3.63) is 58.7 Å². The molecule has 2 aromatic rings. The van der Waals surface area contributed by atoms with Gasteiger partial charge in [-0.2, -0.15) is 0 Å². The van der Waals surface area contributed by atoms with Crippen molar-refractivity contribution in [2.75, 3.05) is 13.6 Å². The SMILES string of the molecule is Br.CN1CCc2ccc(O)cc2CCc2ccc(O)cc2C1. The summed E-state index contributed by atoms with van der Waals surface area (Å²) in [4.78, 5) is 2.28. The van der Waals surface area contributed by atoms with Crippen molar-refractivity contribution >= 4 is 17.0 Å². The molecule has 0 fully saturated rings. The molecule has 0 atom stereocenters. The highest BCUT2D eigenvalue weighted by molar-refractivity contribution is 8.93. The van der Waals surface area contributed by atoms with Crippen molar-refractivity contribution in [1.29, 1.82) is 0 Å². The summed E-state index contributed by atoms with van der Waals surface area (Å²) >= 11 is 0. The van der Waals surface area contributed by atoms with Gasteiger partial charge in [-0.1, -0.05) is 12.1 Å². The fraction of sp³-hybridized carbons (Fsp3) is 0.333. The molecule has 0 spiro atoms. The second-order valence-corrected chi connectivity index (χ2v) is 5.89. The van der Waals surface area contributed by atoms with E-state index in [0.29, 0.717) is 11.5 Å². The Morgan fingerprint density at radius 2 is 1.32 bits per heavy atom. The van der Waals surface area contributed by atoms with Gasteiger partial charge in [0, 0.05) is 13.1 Å². The molecule has 3 nitrogen and oxygen atoms in total. The van der Waals surface area contributed by atoms with E-state index in [9.17, 15) is 10.2 Å². The smallest absolute Gasteiger partial charge is 0.115 e. The lowest BCUT2D eigenvalue weighted by atomic mass is 9.94. The molecule has 0 bridgehead atoms. The highest BCUT2D eigenvalue weighted by Gasteiger charge is 2.12. The van der Waals surface area contributed by atoms with E-state index in [0.717, 1.165) is 32.4 Å². The minimum atomic E-state index is 0. The van der Waals surface area contributed by atoms with Crippen LogP contribution >= 0.6 is 17.0 Å². The monoisotopic (exact) mass is 363 g/mol. The maximum atomic E-state index is 9.72. The molecule has 0 saturated carbocycles. The summed E-state index contributed by atoms with van der Waals surface area (Å²) in [6.45, 7) is 1.82. The standard InChI is InChI=1S/C18H21NO2.BrH/c1-19-9-8-14-5-7-17(20)10-15(14)3-2-13-4-6-18(21)11-16(13)12-19;/h4-7,10-11,20-21H,2-3,8-9,12H2,1H3;1H. The summed E-state index contributed by atoms with van der Waals surface area (Å²) in [5.41, 5.74) is 5.02. The normalized spacial score (nSPS) is 15.3. The number of phenolic OH excluding ortho intramolecular Hbond substituents is 2. The molecule has 118 valence electrons. The molecule has 1 heterocycles. The summed E-state index contributed by atoms with van der Waals surface area (Å²) in [6, 6.07) is 11.3. The van der Waals surface area contributed by atoms with E-state index in [1.165, 1.54) is 22.3 Å². The Morgan fingerprint density at radius 1 is 0.773 bits per heavy atom. The molecule has 0 radical (unpaired) electrons. The number of rotatable bonds is 0. The van der Waals surface area contributed by atoms with Crippen LogP contribution in [0.1, 0.15) is 22.3 Å². The Bertz CT molecular complexity index is 658. The van der Waals surface area contributed by atoms with Gasteiger partial charge in [-0.3, -0.25) is 0 Å². The number of aryl methyl sites for hydroxylation is 2. The summed E-state index contributed by atoms with van der Waals surface area (Å²) in [7, 11) is 2.11. The molecular weight excluding hydrogens is 342 g/mol. The predicted octanol–water partition coefficient (Wildman–Crippen LogP) is 3.45. The van der Waals surface area contributed by atoms with Gasteiger partial charge in [-0.05, 0) is 72.8 Å². The van der Waals surface area contributed by atoms with Crippen molar-refractivity contribution in [2.45, 2.75) is 25.8 Å². The number of benzene rings is 2. The Kier molecular flexibility index (Phi) is 5.48. The molecule has 1 aliphatic rings. The lowest BCUT2D eigenvalue weighted by Crippen LogP contribution is -2.23. The molecule has 4 heteroatoms. The van der Waals surface area contributed by atoms with Gasteiger partial charge in [0.05, 0.1) is 0 Å². The molecule has 3 rings (SSSR count). The van der Waals surface area contributed by atoms with Crippen molar-refractivity contribution < 1.29 is 10.2 Å². The van der Waals surface area contributed by atoms with Crippen LogP contribution < -0.4 is 0 Å². The van der Waals surface area contributed by atoms with Crippen molar-refractivity contribution in [3.8, 4) is 11.5 Å². The molecule has 1 aliphatic heterocycles. The molecule has 0 aromatic heterocycles. The van der Waals surface area contributed by atoms with Crippen LogP contribution in [0.3, 0.4) is 0 Å². The van der Waals surface area contributed by atoms with Gasteiger partial charge in [-0.15, -0.1) is 17.0 Å². The van der Waals surface area contributed by atoms with Crippen LogP contribution in [0.25, 0.3) is 0 Å². The highest BCUT2D eigenvalue weighted by atomic mass is 79.9. The first kappa shape index (κ1) is 16.8. The van der Waals surface area contributed by atoms with Crippen LogP contribution in [0, 0.1) is 0 Å². The number of nitrogens with zero attached hydrogens (tertiary/aromatic N) is 1. The van der Waals surface area contributed by atoms with Crippen LogP contribution in [0.4, 0.5) is 0 Å². The number of fused-ring (bicyclic) bond motifs is 2. The highest BCUT2D eigenvalue weighted by Crippen LogP contribution is 2.24. The van der Waals surface area contributed by atoms with E-state index in [4.69, 9.17) is 0 Å². The third kappa shape index (κ3) is 3.81. The average Bonchev–Trinajstić information content (AvgIpc) is 2.45. The fourth-order valence-corrected chi connectivity index (χ4v) is 3.04. The van der Waals surface area contributed by atoms with Crippen molar-refractivity contribution in [2.24, 2.45) is 0 Å². The Morgan fingerprint density at radius 3 is 2.00 bits per heavy atom. The first-order chi connectivity index (χ1) is 10.1. The minimum Gasteiger partial charge on any atom is -0.508 e. The molecule has 2 aromatic carbocycles. The van der Waals surface area contributed by atoms with E-state index in [-0.39, 0.29) is 17.0 Å².